The zero-order chi connectivity index (χ0) is 31.8. The first-order chi connectivity index (χ1) is 20.8. The van der Waals surface area contributed by atoms with Crippen molar-refractivity contribution in [3.8, 4) is 23.0 Å². The highest BCUT2D eigenvalue weighted by Crippen LogP contribution is 2.42. The molecule has 2 unspecified atom stereocenters. The van der Waals surface area contributed by atoms with Gasteiger partial charge < -0.3 is 10.5 Å². The maximum absolute atomic E-state index is 14.0. The Morgan fingerprint density at radius 3 is 2.48 bits per heavy atom. The van der Waals surface area contributed by atoms with Gasteiger partial charge in [-0.05, 0) is 86.9 Å². The summed E-state index contributed by atoms with van der Waals surface area (Å²) in [5.74, 6) is 4.84. The molecule has 232 valence electrons. The van der Waals surface area contributed by atoms with Gasteiger partial charge in [-0.15, -0.1) is 0 Å². The number of aromatic nitrogens is 3. The van der Waals surface area contributed by atoms with Gasteiger partial charge in [0.15, 0.2) is 5.82 Å². The third-order valence-corrected chi connectivity index (χ3v) is 10.1. The Kier molecular flexibility index (Phi) is 9.61. The van der Waals surface area contributed by atoms with Crippen molar-refractivity contribution < 1.29 is 21.8 Å². The highest BCUT2D eigenvalue weighted by Gasteiger charge is 2.27. The second-order valence-corrected chi connectivity index (χ2v) is 14.5. The average Bonchev–Trinajstić information content (AvgIpc) is 3.71. The molecule has 0 aliphatic heterocycles. The lowest BCUT2D eigenvalue weighted by molar-refractivity contribution is 0.123. The van der Waals surface area contributed by atoms with Crippen LogP contribution in [0.5, 0.6) is 0 Å². The molecule has 0 spiro atoms. The molecule has 1 aliphatic rings. The molecule has 1 saturated carbocycles. The zero-order valence-electron chi connectivity index (χ0n) is 24.1. The van der Waals surface area contributed by atoms with E-state index in [0.29, 0.717) is 55.1 Å². The van der Waals surface area contributed by atoms with Gasteiger partial charge in [-0.1, -0.05) is 23.6 Å². The zero-order valence-corrected chi connectivity index (χ0v) is 26.5. The maximum Gasteiger partial charge on any atom is 0.257 e. The lowest BCUT2D eigenvalue weighted by Gasteiger charge is -2.18. The summed E-state index contributed by atoms with van der Waals surface area (Å²) in [6.07, 6.45) is 0.991. The minimum absolute atomic E-state index is 0.0217. The Balaban J connectivity index is 1.68. The van der Waals surface area contributed by atoms with Gasteiger partial charge in [-0.2, -0.15) is 5.10 Å². The Hall–Kier alpha value is -3.11. The SMILES string of the molecule is CS(=O)C(C)(C)C#Cc1ccc(-c2ccc(Cl)c3c(NSC4CC4)nn(CC(F)F)c23)c(C(N)Cc2cc(F)cc(F)c2)n1. The molecule has 2 aromatic carbocycles. The first kappa shape index (κ1) is 32.3. The number of fused-ring (bicyclic) bond motifs is 1. The number of nitrogens with two attached hydrogens (primary N) is 1. The number of hydrogen-bond donors (Lipinski definition) is 2. The van der Waals surface area contributed by atoms with Crippen molar-refractivity contribution in [2.24, 2.45) is 5.73 Å². The molecule has 2 atom stereocenters. The third kappa shape index (κ3) is 7.40. The van der Waals surface area contributed by atoms with E-state index in [2.05, 4.69) is 21.7 Å². The summed E-state index contributed by atoms with van der Waals surface area (Å²) in [5, 5.41) is 5.68. The number of halogens is 5. The summed E-state index contributed by atoms with van der Waals surface area (Å²) in [7, 11) is -1.24. The van der Waals surface area contributed by atoms with Gasteiger partial charge in [-0.25, -0.2) is 22.5 Å². The van der Waals surface area contributed by atoms with E-state index in [0.717, 1.165) is 18.9 Å². The first-order valence-corrected chi connectivity index (χ1v) is 16.6. The van der Waals surface area contributed by atoms with Crippen LogP contribution >= 0.6 is 23.5 Å². The molecular formula is C31H30ClF4N5OS2. The van der Waals surface area contributed by atoms with Crippen LogP contribution in [0.1, 0.15) is 49.7 Å². The number of nitrogens with zero attached hydrogens (tertiary/aromatic N) is 3. The lowest BCUT2D eigenvalue weighted by Crippen LogP contribution is -2.23. The van der Waals surface area contributed by atoms with Gasteiger partial charge in [0.2, 0.25) is 0 Å². The summed E-state index contributed by atoms with van der Waals surface area (Å²) < 4.78 is 71.3. The predicted octanol–water partition coefficient (Wildman–Crippen LogP) is 7.27. The van der Waals surface area contributed by atoms with Crippen LogP contribution < -0.4 is 10.5 Å². The number of alkyl halides is 2. The Morgan fingerprint density at radius 2 is 1.84 bits per heavy atom. The van der Waals surface area contributed by atoms with Gasteiger partial charge in [0.1, 0.15) is 28.6 Å². The van der Waals surface area contributed by atoms with Gasteiger partial charge >= 0.3 is 0 Å². The van der Waals surface area contributed by atoms with Gasteiger partial charge in [0.25, 0.3) is 6.43 Å². The van der Waals surface area contributed by atoms with E-state index in [-0.39, 0.29) is 6.42 Å². The van der Waals surface area contributed by atoms with Crippen LogP contribution in [0.2, 0.25) is 5.02 Å². The van der Waals surface area contributed by atoms with Crippen molar-refractivity contribution in [1.29, 1.82) is 0 Å². The van der Waals surface area contributed by atoms with Crippen molar-refractivity contribution in [3.05, 3.63) is 76.1 Å². The topological polar surface area (TPSA) is 85.8 Å². The molecule has 0 bridgehead atoms. The second kappa shape index (κ2) is 13.1. The Bertz CT molecular complexity index is 1780. The molecule has 3 N–H and O–H groups in total. The third-order valence-electron chi connectivity index (χ3n) is 7.15. The summed E-state index contributed by atoms with van der Waals surface area (Å²) in [6, 6.07) is 9.02. The average molecular weight is 664 g/mol. The summed E-state index contributed by atoms with van der Waals surface area (Å²) >= 11 is 8.11. The van der Waals surface area contributed by atoms with Gasteiger partial charge in [0.05, 0.1) is 27.7 Å². The summed E-state index contributed by atoms with van der Waals surface area (Å²) in [6.45, 7) is 2.82. The summed E-state index contributed by atoms with van der Waals surface area (Å²) in [4.78, 5) is 4.73. The van der Waals surface area contributed by atoms with Crippen LogP contribution in [0.3, 0.4) is 0 Å². The molecule has 1 aliphatic carbocycles. The molecule has 4 aromatic rings. The molecule has 44 heavy (non-hydrogen) atoms. The van der Waals surface area contributed by atoms with E-state index in [4.69, 9.17) is 22.3 Å². The van der Waals surface area contributed by atoms with Crippen LogP contribution in [-0.2, 0) is 23.8 Å². The number of rotatable bonds is 10. The van der Waals surface area contributed by atoms with Crippen LogP contribution in [0.25, 0.3) is 22.0 Å². The fourth-order valence-electron chi connectivity index (χ4n) is 4.58. The molecule has 0 saturated heterocycles. The van der Waals surface area contributed by atoms with E-state index < -0.39 is 46.2 Å². The maximum atomic E-state index is 14.0. The highest BCUT2D eigenvalue weighted by molar-refractivity contribution is 8.01. The number of nitrogens with one attached hydrogen (secondary N) is 1. The van der Waals surface area contributed by atoms with Crippen molar-refractivity contribution in [3.63, 3.8) is 0 Å². The standard InChI is InChI=1S/C31H30ClF4N5OS2/c1-31(2,44(3)42)11-10-20-4-7-22(28(38-20)25(37)14-17-12-18(33)15-19(34)13-17)23-8-9-24(32)27-29(23)41(16-26(35)36)39-30(27)40-43-21-5-6-21/h4,7-9,12-13,15,21,25-26H,5-6,14,16,37H2,1-3H3,(H,39,40). The first-order valence-electron chi connectivity index (χ1n) is 13.8. The summed E-state index contributed by atoms with van der Waals surface area (Å²) in [5.41, 5.74) is 9.00. The number of anilines is 1. The highest BCUT2D eigenvalue weighted by atomic mass is 35.5. The van der Waals surface area contributed by atoms with Crippen molar-refractivity contribution >= 4 is 51.1 Å². The monoisotopic (exact) mass is 663 g/mol. The minimum Gasteiger partial charge on any atom is -0.322 e. The fourth-order valence-corrected chi connectivity index (χ4v) is 5.81. The molecule has 0 radical (unpaired) electrons. The van der Waals surface area contributed by atoms with Crippen LogP contribution in [-0.4, -0.2) is 41.7 Å². The van der Waals surface area contributed by atoms with E-state index in [9.17, 15) is 21.8 Å². The second-order valence-electron chi connectivity index (χ2n) is 11.1. The normalized spacial score (nSPS) is 14.9. The number of hydrogen-bond acceptors (Lipinski definition) is 6. The molecule has 2 heterocycles. The van der Waals surface area contributed by atoms with Crippen molar-refractivity contribution in [2.45, 2.75) is 62.1 Å². The Labute approximate surface area is 264 Å². The number of pyridine rings is 1. The van der Waals surface area contributed by atoms with Crippen molar-refractivity contribution in [2.75, 3.05) is 11.0 Å². The molecule has 2 aromatic heterocycles. The largest absolute Gasteiger partial charge is 0.322 e. The van der Waals surface area contributed by atoms with Crippen LogP contribution in [0.4, 0.5) is 23.4 Å². The van der Waals surface area contributed by atoms with Crippen LogP contribution in [0, 0.1) is 23.5 Å². The van der Waals surface area contributed by atoms with Gasteiger partial charge in [0, 0.05) is 39.5 Å². The predicted molar refractivity (Wildman–Crippen MR) is 170 cm³/mol. The molecule has 0 amide bonds. The van der Waals surface area contributed by atoms with E-state index in [1.54, 1.807) is 44.4 Å². The van der Waals surface area contributed by atoms with E-state index in [1.165, 1.54) is 28.8 Å². The smallest absolute Gasteiger partial charge is 0.257 e. The van der Waals surface area contributed by atoms with Crippen LogP contribution in [0.15, 0.2) is 42.5 Å². The molecule has 1 fully saturated rings. The number of benzene rings is 2. The van der Waals surface area contributed by atoms with Gasteiger partial charge in [-0.3, -0.25) is 8.89 Å². The van der Waals surface area contributed by atoms with E-state index >= 15 is 0 Å². The molecule has 13 heteroatoms. The lowest BCUT2D eigenvalue weighted by atomic mass is 9.94. The fraction of sp³-hybridized carbons (Fsp3) is 0.355. The quantitative estimate of drug-likeness (QED) is 0.106. The molecule has 5 rings (SSSR count). The van der Waals surface area contributed by atoms with E-state index in [1.807, 2.05) is 0 Å². The minimum atomic E-state index is -2.69. The molecule has 6 nitrogen and oxygen atoms in total. The Morgan fingerprint density at radius 1 is 1.16 bits per heavy atom. The molecular weight excluding hydrogens is 634 g/mol. The van der Waals surface area contributed by atoms with Crippen molar-refractivity contribution in [1.82, 2.24) is 14.8 Å².